The lowest BCUT2D eigenvalue weighted by Crippen LogP contribution is -2.44. The molecule has 0 aromatic carbocycles. The summed E-state index contributed by atoms with van der Waals surface area (Å²) in [6.07, 6.45) is 4.62. The van der Waals surface area contributed by atoms with Crippen LogP contribution in [-0.4, -0.2) is 20.3 Å². The Morgan fingerprint density at radius 2 is 2.25 bits per heavy atom. The van der Waals surface area contributed by atoms with Gasteiger partial charge in [-0.15, -0.1) is 12.4 Å². The van der Waals surface area contributed by atoms with Crippen molar-refractivity contribution in [3.63, 3.8) is 0 Å². The van der Waals surface area contributed by atoms with Gasteiger partial charge in [0, 0.05) is 6.20 Å². The van der Waals surface area contributed by atoms with Gasteiger partial charge in [-0.2, -0.15) is 10.1 Å². The summed E-state index contributed by atoms with van der Waals surface area (Å²) < 4.78 is 5.12. The van der Waals surface area contributed by atoms with Crippen molar-refractivity contribution < 1.29 is 4.52 Å². The average Bonchev–Trinajstić information content (AvgIpc) is 2.84. The SMILES string of the molecule is Cl.NC1(c2noc(-c3ccn[nH]3)n2)CCC1. The number of aromatic amines is 1. The molecule has 7 heteroatoms. The van der Waals surface area contributed by atoms with Crippen LogP contribution >= 0.6 is 12.4 Å². The van der Waals surface area contributed by atoms with Crippen LogP contribution in [0.4, 0.5) is 0 Å². The van der Waals surface area contributed by atoms with Crippen molar-refractivity contribution in [2.24, 2.45) is 5.73 Å². The van der Waals surface area contributed by atoms with Gasteiger partial charge in [0.25, 0.3) is 5.89 Å². The van der Waals surface area contributed by atoms with E-state index in [1.807, 2.05) is 0 Å². The van der Waals surface area contributed by atoms with Gasteiger partial charge in [0.05, 0.1) is 5.54 Å². The fraction of sp³-hybridized carbons (Fsp3) is 0.444. The first kappa shape index (κ1) is 11.1. The zero-order chi connectivity index (χ0) is 10.3. The van der Waals surface area contributed by atoms with Gasteiger partial charge in [0.2, 0.25) is 0 Å². The third-order valence-corrected chi connectivity index (χ3v) is 2.85. The minimum Gasteiger partial charge on any atom is -0.332 e. The molecule has 6 nitrogen and oxygen atoms in total. The van der Waals surface area contributed by atoms with Crippen molar-refractivity contribution in [1.29, 1.82) is 0 Å². The number of aromatic nitrogens is 4. The van der Waals surface area contributed by atoms with E-state index in [4.69, 9.17) is 10.3 Å². The second kappa shape index (κ2) is 3.88. The molecule has 0 aliphatic heterocycles. The monoisotopic (exact) mass is 241 g/mol. The summed E-state index contributed by atoms with van der Waals surface area (Å²) in [4.78, 5) is 4.27. The van der Waals surface area contributed by atoms with Crippen LogP contribution in [0.5, 0.6) is 0 Å². The highest BCUT2D eigenvalue weighted by atomic mass is 35.5. The summed E-state index contributed by atoms with van der Waals surface area (Å²) in [6, 6.07) is 1.78. The minimum atomic E-state index is -0.373. The van der Waals surface area contributed by atoms with Crippen molar-refractivity contribution in [2.75, 3.05) is 0 Å². The molecule has 0 unspecified atom stereocenters. The number of nitrogens with one attached hydrogen (secondary N) is 1. The number of H-pyrrole nitrogens is 1. The highest BCUT2D eigenvalue weighted by molar-refractivity contribution is 5.85. The first-order chi connectivity index (χ1) is 7.28. The van der Waals surface area contributed by atoms with Gasteiger partial charge in [-0.05, 0) is 25.3 Å². The molecule has 16 heavy (non-hydrogen) atoms. The van der Waals surface area contributed by atoms with Gasteiger partial charge in [-0.1, -0.05) is 5.16 Å². The zero-order valence-corrected chi connectivity index (χ0v) is 9.33. The number of nitrogens with zero attached hydrogens (tertiary/aromatic N) is 3. The molecular weight excluding hydrogens is 230 g/mol. The molecule has 0 amide bonds. The van der Waals surface area contributed by atoms with Crippen molar-refractivity contribution in [2.45, 2.75) is 24.8 Å². The van der Waals surface area contributed by atoms with Gasteiger partial charge < -0.3 is 10.3 Å². The fourth-order valence-electron chi connectivity index (χ4n) is 1.69. The summed E-state index contributed by atoms with van der Waals surface area (Å²) >= 11 is 0. The first-order valence-corrected chi connectivity index (χ1v) is 4.91. The predicted octanol–water partition coefficient (Wildman–Crippen LogP) is 1.22. The van der Waals surface area contributed by atoms with Crippen LogP contribution in [0, 0.1) is 0 Å². The van der Waals surface area contributed by atoms with E-state index in [0.717, 1.165) is 25.0 Å². The van der Waals surface area contributed by atoms with E-state index in [0.29, 0.717) is 11.7 Å². The molecule has 1 aliphatic rings. The molecule has 2 aromatic heterocycles. The van der Waals surface area contributed by atoms with E-state index in [2.05, 4.69) is 20.3 Å². The maximum absolute atomic E-state index is 6.08. The number of hydrogen-bond donors (Lipinski definition) is 2. The maximum Gasteiger partial charge on any atom is 0.275 e. The Bertz CT molecular complexity index is 462. The molecule has 2 aromatic rings. The molecule has 1 aliphatic carbocycles. The second-order valence-electron chi connectivity index (χ2n) is 3.90. The molecule has 0 radical (unpaired) electrons. The van der Waals surface area contributed by atoms with E-state index < -0.39 is 0 Å². The number of hydrogen-bond acceptors (Lipinski definition) is 5. The van der Waals surface area contributed by atoms with Crippen LogP contribution in [0.15, 0.2) is 16.8 Å². The molecule has 3 N–H and O–H groups in total. The van der Waals surface area contributed by atoms with Gasteiger partial charge in [-0.3, -0.25) is 5.10 Å². The van der Waals surface area contributed by atoms with Crippen LogP contribution in [0.1, 0.15) is 25.1 Å². The van der Waals surface area contributed by atoms with E-state index in [1.165, 1.54) is 0 Å². The molecule has 2 heterocycles. The summed E-state index contributed by atoms with van der Waals surface area (Å²) in [5.74, 6) is 1.04. The van der Waals surface area contributed by atoms with Crippen LogP contribution in [0.3, 0.4) is 0 Å². The molecule has 0 atom stereocenters. The summed E-state index contributed by atoms with van der Waals surface area (Å²) in [6.45, 7) is 0. The molecule has 0 saturated heterocycles. The van der Waals surface area contributed by atoms with E-state index in [1.54, 1.807) is 12.3 Å². The Morgan fingerprint density at radius 3 is 2.81 bits per heavy atom. The number of halogens is 1. The normalized spacial score (nSPS) is 17.6. The predicted molar refractivity (Wildman–Crippen MR) is 58.8 cm³/mol. The quantitative estimate of drug-likeness (QED) is 0.825. The number of nitrogens with two attached hydrogens (primary N) is 1. The van der Waals surface area contributed by atoms with Gasteiger partial charge in [0.15, 0.2) is 5.82 Å². The first-order valence-electron chi connectivity index (χ1n) is 4.91. The van der Waals surface area contributed by atoms with Gasteiger partial charge in [0.1, 0.15) is 5.69 Å². The lowest BCUT2D eigenvalue weighted by Gasteiger charge is -2.34. The molecular formula is C9H12ClN5O. The lowest BCUT2D eigenvalue weighted by atomic mass is 9.77. The Kier molecular flexibility index (Phi) is 2.69. The van der Waals surface area contributed by atoms with Gasteiger partial charge in [-0.25, -0.2) is 0 Å². The summed E-state index contributed by atoms with van der Waals surface area (Å²) in [5.41, 5.74) is 6.43. The highest BCUT2D eigenvalue weighted by Gasteiger charge is 2.39. The molecule has 0 bridgehead atoms. The van der Waals surface area contributed by atoms with Crippen molar-refractivity contribution in [3.05, 3.63) is 18.1 Å². The van der Waals surface area contributed by atoms with E-state index in [9.17, 15) is 0 Å². The molecule has 1 saturated carbocycles. The Hall–Kier alpha value is -1.40. The van der Waals surface area contributed by atoms with Crippen LogP contribution in [0.25, 0.3) is 11.6 Å². The van der Waals surface area contributed by atoms with Crippen LogP contribution < -0.4 is 5.73 Å². The van der Waals surface area contributed by atoms with Crippen molar-refractivity contribution >= 4 is 12.4 Å². The van der Waals surface area contributed by atoms with E-state index >= 15 is 0 Å². The highest BCUT2D eigenvalue weighted by Crippen LogP contribution is 2.37. The zero-order valence-electron chi connectivity index (χ0n) is 8.51. The average molecular weight is 242 g/mol. The molecule has 0 spiro atoms. The summed E-state index contributed by atoms with van der Waals surface area (Å²) in [7, 11) is 0. The Labute approximate surface area is 98.0 Å². The molecule has 1 fully saturated rings. The fourth-order valence-corrected chi connectivity index (χ4v) is 1.69. The largest absolute Gasteiger partial charge is 0.332 e. The smallest absolute Gasteiger partial charge is 0.275 e. The third-order valence-electron chi connectivity index (χ3n) is 2.85. The molecule has 3 rings (SSSR count). The Balaban J connectivity index is 0.000000963. The lowest BCUT2D eigenvalue weighted by molar-refractivity contribution is 0.229. The van der Waals surface area contributed by atoms with Crippen LogP contribution in [-0.2, 0) is 5.54 Å². The minimum absolute atomic E-state index is 0. The maximum atomic E-state index is 6.08. The van der Waals surface area contributed by atoms with Crippen molar-refractivity contribution in [1.82, 2.24) is 20.3 Å². The molecule has 86 valence electrons. The second-order valence-corrected chi connectivity index (χ2v) is 3.90. The summed E-state index contributed by atoms with van der Waals surface area (Å²) in [5, 5.41) is 10.5. The van der Waals surface area contributed by atoms with Gasteiger partial charge >= 0.3 is 0 Å². The Morgan fingerprint density at radius 1 is 1.44 bits per heavy atom. The standard InChI is InChI=1S/C9H11N5O.ClH/c10-9(3-1-4-9)8-12-7(15-14-8)6-2-5-11-13-6;/h2,5H,1,3-4,10H2,(H,11,13);1H. The van der Waals surface area contributed by atoms with E-state index in [-0.39, 0.29) is 17.9 Å². The number of rotatable bonds is 2. The topological polar surface area (TPSA) is 93.6 Å². The van der Waals surface area contributed by atoms with Crippen molar-refractivity contribution in [3.8, 4) is 11.6 Å². The third kappa shape index (κ3) is 1.60. The van der Waals surface area contributed by atoms with Crippen LogP contribution in [0.2, 0.25) is 0 Å².